The number of hydrogen-bond donors (Lipinski definition) is 1. The van der Waals surface area contributed by atoms with E-state index >= 15 is 0 Å². The number of nitrogens with zero attached hydrogens (tertiary/aromatic N) is 2. The maximum atomic E-state index is 13.7. The Morgan fingerprint density at radius 3 is 2.18 bits per heavy atom. The lowest BCUT2D eigenvalue weighted by Gasteiger charge is -2.27. The lowest BCUT2D eigenvalue weighted by molar-refractivity contribution is -0.134. The average molecular weight is 458 g/mol. The summed E-state index contributed by atoms with van der Waals surface area (Å²) in [5, 5.41) is 0. The third-order valence-electron chi connectivity index (χ3n) is 7.18. The van der Waals surface area contributed by atoms with Crippen molar-refractivity contribution < 1.29 is 14.0 Å². The Morgan fingerprint density at radius 2 is 1.56 bits per heavy atom. The molecule has 2 aromatic carbocycles. The smallest absolute Gasteiger partial charge is 0.290 e. The predicted molar refractivity (Wildman–Crippen MR) is 130 cm³/mol. The molecule has 4 unspecified atom stereocenters. The standard InChI is InChI=1S/C28H31N3O3/c1-19(29)25-12-13-26(34-25)28(33)31-18-23(21-10-6-3-7-11-21)16-24(31)27(32)30-15-14-22(17-30)20-8-4-2-5-9-20/h2-13,19,22-24H,14-18,29H2,1H3. The number of likely N-dealkylation sites (tertiary alicyclic amines) is 2. The molecule has 6 nitrogen and oxygen atoms in total. The molecule has 2 fully saturated rings. The molecular weight excluding hydrogens is 426 g/mol. The molecule has 2 aliphatic heterocycles. The maximum Gasteiger partial charge on any atom is 0.290 e. The molecule has 4 atom stereocenters. The highest BCUT2D eigenvalue weighted by molar-refractivity contribution is 5.96. The Labute approximate surface area is 200 Å². The summed E-state index contributed by atoms with van der Waals surface area (Å²) in [6.07, 6.45) is 1.55. The van der Waals surface area contributed by atoms with Gasteiger partial charge in [0.05, 0.1) is 6.04 Å². The van der Waals surface area contributed by atoms with Gasteiger partial charge in [0, 0.05) is 31.5 Å². The van der Waals surface area contributed by atoms with Crippen LogP contribution >= 0.6 is 0 Å². The maximum absolute atomic E-state index is 13.7. The van der Waals surface area contributed by atoms with Crippen LogP contribution in [0.1, 0.15) is 65.1 Å². The fourth-order valence-corrected chi connectivity index (χ4v) is 5.28. The zero-order valence-corrected chi connectivity index (χ0v) is 19.5. The van der Waals surface area contributed by atoms with Gasteiger partial charge in [-0.05, 0) is 43.0 Å². The van der Waals surface area contributed by atoms with E-state index < -0.39 is 6.04 Å². The van der Waals surface area contributed by atoms with E-state index in [2.05, 4.69) is 24.3 Å². The molecule has 6 heteroatoms. The van der Waals surface area contributed by atoms with Crippen molar-refractivity contribution in [2.24, 2.45) is 5.73 Å². The van der Waals surface area contributed by atoms with Gasteiger partial charge in [-0.25, -0.2) is 0 Å². The number of rotatable bonds is 5. The van der Waals surface area contributed by atoms with E-state index in [9.17, 15) is 9.59 Å². The third kappa shape index (κ3) is 4.38. The van der Waals surface area contributed by atoms with E-state index in [1.54, 1.807) is 17.0 Å². The van der Waals surface area contributed by atoms with Crippen molar-refractivity contribution in [2.75, 3.05) is 19.6 Å². The largest absolute Gasteiger partial charge is 0.454 e. The number of benzene rings is 2. The first-order valence-electron chi connectivity index (χ1n) is 12.1. The normalized spacial score (nSPS) is 23.3. The minimum atomic E-state index is -0.504. The minimum absolute atomic E-state index is 0.0317. The molecule has 0 bridgehead atoms. The van der Waals surface area contributed by atoms with Gasteiger partial charge in [0.25, 0.3) is 5.91 Å². The molecule has 34 heavy (non-hydrogen) atoms. The molecule has 2 aliphatic rings. The summed E-state index contributed by atoms with van der Waals surface area (Å²) in [6, 6.07) is 23.1. The summed E-state index contributed by atoms with van der Waals surface area (Å²) in [5.74, 6) is 1.03. The molecule has 176 valence electrons. The second-order valence-corrected chi connectivity index (χ2v) is 9.49. The second-order valence-electron chi connectivity index (χ2n) is 9.49. The van der Waals surface area contributed by atoms with Crippen molar-refractivity contribution >= 4 is 11.8 Å². The van der Waals surface area contributed by atoms with Crippen LogP contribution in [-0.4, -0.2) is 47.3 Å². The number of amides is 2. The summed E-state index contributed by atoms with van der Waals surface area (Å²) in [4.78, 5) is 30.9. The van der Waals surface area contributed by atoms with Crippen LogP contribution < -0.4 is 5.73 Å². The molecule has 3 aromatic rings. The van der Waals surface area contributed by atoms with Crippen LogP contribution in [-0.2, 0) is 4.79 Å². The van der Waals surface area contributed by atoms with Crippen LogP contribution in [0.15, 0.2) is 77.2 Å². The molecule has 0 aliphatic carbocycles. The van der Waals surface area contributed by atoms with Crippen molar-refractivity contribution in [2.45, 2.75) is 43.7 Å². The molecule has 2 amide bonds. The number of furan rings is 1. The van der Waals surface area contributed by atoms with E-state index in [0.717, 1.165) is 12.0 Å². The highest BCUT2D eigenvalue weighted by atomic mass is 16.4. The summed E-state index contributed by atoms with van der Waals surface area (Å²) in [6.45, 7) is 3.70. The van der Waals surface area contributed by atoms with Gasteiger partial charge in [-0.15, -0.1) is 0 Å². The third-order valence-corrected chi connectivity index (χ3v) is 7.18. The van der Waals surface area contributed by atoms with Crippen molar-refractivity contribution in [3.63, 3.8) is 0 Å². The first-order valence-corrected chi connectivity index (χ1v) is 12.1. The van der Waals surface area contributed by atoms with Gasteiger partial charge in [-0.1, -0.05) is 60.7 Å². The number of carbonyl (C=O) groups excluding carboxylic acids is 2. The number of hydrogen-bond acceptors (Lipinski definition) is 4. The van der Waals surface area contributed by atoms with Crippen molar-refractivity contribution in [3.8, 4) is 0 Å². The van der Waals surface area contributed by atoms with Crippen LogP contribution in [0.25, 0.3) is 0 Å². The van der Waals surface area contributed by atoms with Gasteiger partial charge in [-0.2, -0.15) is 0 Å². The van der Waals surface area contributed by atoms with Crippen molar-refractivity contribution in [3.05, 3.63) is 95.4 Å². The molecule has 3 heterocycles. The lowest BCUT2D eigenvalue weighted by Crippen LogP contribution is -2.47. The SMILES string of the molecule is CC(N)c1ccc(C(=O)N2CC(c3ccccc3)CC2C(=O)N2CCC(c3ccccc3)C2)o1. The quantitative estimate of drug-likeness (QED) is 0.619. The molecular formula is C28H31N3O3. The summed E-state index contributed by atoms with van der Waals surface area (Å²) in [7, 11) is 0. The lowest BCUT2D eigenvalue weighted by atomic mass is 9.96. The van der Waals surface area contributed by atoms with Crippen LogP contribution in [0.4, 0.5) is 0 Å². The first kappa shape index (κ1) is 22.4. The average Bonchev–Trinajstić information content (AvgIpc) is 3.64. The molecule has 0 radical (unpaired) electrons. The summed E-state index contributed by atoms with van der Waals surface area (Å²) < 4.78 is 5.75. The second kappa shape index (κ2) is 9.47. The van der Waals surface area contributed by atoms with E-state index in [0.29, 0.717) is 37.7 Å². The molecule has 0 saturated carbocycles. The monoisotopic (exact) mass is 457 g/mol. The molecule has 2 saturated heterocycles. The summed E-state index contributed by atoms with van der Waals surface area (Å²) >= 11 is 0. The van der Waals surface area contributed by atoms with Gasteiger partial charge in [0.2, 0.25) is 5.91 Å². The molecule has 2 N–H and O–H groups in total. The predicted octanol–water partition coefficient (Wildman–Crippen LogP) is 4.31. The van der Waals surface area contributed by atoms with Crippen molar-refractivity contribution in [1.82, 2.24) is 9.80 Å². The van der Waals surface area contributed by atoms with Gasteiger partial charge in [0.1, 0.15) is 11.8 Å². The topological polar surface area (TPSA) is 79.8 Å². The van der Waals surface area contributed by atoms with Crippen LogP contribution in [0, 0.1) is 0 Å². The Bertz CT molecular complexity index is 1140. The highest BCUT2D eigenvalue weighted by Crippen LogP contribution is 2.36. The summed E-state index contributed by atoms with van der Waals surface area (Å²) in [5.41, 5.74) is 8.33. The molecule has 1 aromatic heterocycles. The highest BCUT2D eigenvalue weighted by Gasteiger charge is 2.44. The van der Waals surface area contributed by atoms with Crippen molar-refractivity contribution in [1.29, 1.82) is 0 Å². The number of carbonyl (C=O) groups is 2. The first-order chi connectivity index (χ1) is 16.5. The van der Waals surface area contributed by atoms with E-state index in [1.807, 2.05) is 48.2 Å². The van der Waals surface area contributed by atoms with E-state index in [-0.39, 0.29) is 29.5 Å². The van der Waals surface area contributed by atoms with Gasteiger partial charge >= 0.3 is 0 Å². The molecule has 5 rings (SSSR count). The fourth-order valence-electron chi connectivity index (χ4n) is 5.28. The Kier molecular flexibility index (Phi) is 6.24. The van der Waals surface area contributed by atoms with Gasteiger partial charge in [-0.3, -0.25) is 9.59 Å². The zero-order valence-electron chi connectivity index (χ0n) is 19.5. The van der Waals surface area contributed by atoms with Gasteiger partial charge in [0.15, 0.2) is 5.76 Å². The molecule has 0 spiro atoms. The number of nitrogens with two attached hydrogens (primary N) is 1. The zero-order chi connectivity index (χ0) is 23.7. The van der Waals surface area contributed by atoms with Crippen LogP contribution in [0.2, 0.25) is 0 Å². The Hall–Kier alpha value is -3.38. The Balaban J connectivity index is 1.38. The minimum Gasteiger partial charge on any atom is -0.454 e. The van der Waals surface area contributed by atoms with Crippen LogP contribution in [0.5, 0.6) is 0 Å². The van der Waals surface area contributed by atoms with Crippen LogP contribution in [0.3, 0.4) is 0 Å². The van der Waals surface area contributed by atoms with E-state index in [1.165, 1.54) is 5.56 Å². The van der Waals surface area contributed by atoms with E-state index in [4.69, 9.17) is 10.2 Å². The Morgan fingerprint density at radius 1 is 0.912 bits per heavy atom. The van der Waals surface area contributed by atoms with Gasteiger partial charge < -0.3 is 20.0 Å². The fraction of sp³-hybridized carbons (Fsp3) is 0.357.